The van der Waals surface area contributed by atoms with Crippen LogP contribution in [0.2, 0.25) is 10.0 Å². The van der Waals surface area contributed by atoms with Gasteiger partial charge >= 0.3 is 0 Å². The first-order chi connectivity index (χ1) is 15.1. The number of aromatic nitrogens is 7. The molecule has 0 radical (unpaired) electrons. The van der Waals surface area contributed by atoms with E-state index >= 15 is 0 Å². The van der Waals surface area contributed by atoms with Crippen LogP contribution in [0, 0.1) is 6.92 Å². The highest BCUT2D eigenvalue weighted by Crippen LogP contribution is 2.34. The zero-order valence-electron chi connectivity index (χ0n) is 16.3. The lowest BCUT2D eigenvalue weighted by Gasteiger charge is -2.12. The van der Waals surface area contributed by atoms with Crippen LogP contribution in [0.5, 0.6) is 0 Å². The largest absolute Gasteiger partial charge is 0.297 e. The summed E-state index contributed by atoms with van der Waals surface area (Å²) in [5.41, 5.74) is 2.73. The average Bonchev–Trinajstić information content (AvgIpc) is 3.36. The lowest BCUT2D eigenvalue weighted by molar-refractivity contribution is 0.711. The molecule has 0 spiro atoms. The van der Waals surface area contributed by atoms with Gasteiger partial charge in [0.2, 0.25) is 0 Å². The molecule has 7 nitrogen and oxygen atoms in total. The van der Waals surface area contributed by atoms with E-state index in [0.717, 1.165) is 21.8 Å². The molecule has 5 aromatic rings. The predicted octanol–water partition coefficient (Wildman–Crippen LogP) is 5.20. The lowest BCUT2D eigenvalue weighted by Crippen LogP contribution is -2.05. The van der Waals surface area contributed by atoms with Crippen molar-refractivity contribution in [2.75, 3.05) is 0 Å². The van der Waals surface area contributed by atoms with Crippen molar-refractivity contribution in [3.05, 3.63) is 82.2 Å². The number of nitrogens with zero attached hydrogens (tertiary/aromatic N) is 7. The van der Waals surface area contributed by atoms with Gasteiger partial charge in [-0.2, -0.15) is 14.6 Å². The van der Waals surface area contributed by atoms with Crippen molar-refractivity contribution in [1.29, 1.82) is 0 Å². The van der Waals surface area contributed by atoms with Gasteiger partial charge in [0.15, 0.2) is 11.0 Å². The maximum atomic E-state index is 6.49. The first kappa shape index (κ1) is 20.0. The molecule has 0 aliphatic carbocycles. The van der Waals surface area contributed by atoms with Crippen molar-refractivity contribution in [2.45, 2.75) is 23.7 Å². The molecule has 0 unspecified atom stereocenters. The quantitative estimate of drug-likeness (QED) is 0.330. The molecular formula is C21H15Cl2N7S. The van der Waals surface area contributed by atoms with E-state index in [0.29, 0.717) is 33.3 Å². The Morgan fingerprint density at radius 2 is 1.84 bits per heavy atom. The zero-order valence-corrected chi connectivity index (χ0v) is 18.6. The molecule has 154 valence electrons. The van der Waals surface area contributed by atoms with Gasteiger partial charge in [-0.15, -0.1) is 10.2 Å². The Morgan fingerprint density at radius 3 is 2.65 bits per heavy atom. The SMILES string of the molecule is Cc1cc(Sc2nnc(-c3ccc(Cl)cc3Cl)n2Cc2ccccc2)n2ncnc2n1. The van der Waals surface area contributed by atoms with Gasteiger partial charge in [-0.1, -0.05) is 53.5 Å². The van der Waals surface area contributed by atoms with Crippen molar-refractivity contribution < 1.29 is 0 Å². The minimum absolute atomic E-state index is 0.518. The highest BCUT2D eigenvalue weighted by Gasteiger charge is 2.19. The Labute approximate surface area is 192 Å². The van der Waals surface area contributed by atoms with E-state index < -0.39 is 0 Å². The van der Waals surface area contributed by atoms with E-state index in [-0.39, 0.29) is 0 Å². The van der Waals surface area contributed by atoms with Crippen molar-refractivity contribution in [3.8, 4) is 11.4 Å². The number of benzene rings is 2. The molecule has 0 atom stereocenters. The number of halogens is 2. The molecule has 0 aliphatic heterocycles. The van der Waals surface area contributed by atoms with Crippen LogP contribution in [0.3, 0.4) is 0 Å². The Kier molecular flexibility index (Phi) is 5.35. The third-order valence-electron chi connectivity index (χ3n) is 4.62. The van der Waals surface area contributed by atoms with Gasteiger partial charge in [0.25, 0.3) is 5.78 Å². The number of aryl methyl sites for hydroxylation is 1. The summed E-state index contributed by atoms with van der Waals surface area (Å²) in [5, 5.41) is 15.9. The van der Waals surface area contributed by atoms with Crippen LogP contribution in [-0.2, 0) is 6.54 Å². The van der Waals surface area contributed by atoms with Crippen molar-refractivity contribution in [2.24, 2.45) is 0 Å². The summed E-state index contributed by atoms with van der Waals surface area (Å²) in [6.07, 6.45) is 1.49. The fourth-order valence-corrected chi connectivity index (χ4v) is 4.67. The molecule has 2 aromatic carbocycles. The van der Waals surface area contributed by atoms with Gasteiger partial charge in [0.1, 0.15) is 11.4 Å². The normalized spacial score (nSPS) is 11.3. The monoisotopic (exact) mass is 467 g/mol. The van der Waals surface area contributed by atoms with Gasteiger partial charge < -0.3 is 0 Å². The number of rotatable bonds is 5. The molecule has 0 saturated carbocycles. The molecule has 31 heavy (non-hydrogen) atoms. The molecule has 0 aliphatic rings. The fraction of sp³-hybridized carbons (Fsp3) is 0.0952. The van der Waals surface area contributed by atoms with E-state index in [1.807, 2.05) is 41.8 Å². The van der Waals surface area contributed by atoms with E-state index in [9.17, 15) is 0 Å². The van der Waals surface area contributed by atoms with Crippen LogP contribution in [0.1, 0.15) is 11.3 Å². The third kappa shape index (κ3) is 4.01. The van der Waals surface area contributed by atoms with E-state index in [1.54, 1.807) is 16.6 Å². The molecule has 3 heterocycles. The Balaban J connectivity index is 1.63. The average molecular weight is 468 g/mol. The summed E-state index contributed by atoms with van der Waals surface area (Å²) in [6, 6.07) is 17.4. The van der Waals surface area contributed by atoms with E-state index in [4.69, 9.17) is 23.2 Å². The topological polar surface area (TPSA) is 73.8 Å². The molecule has 10 heteroatoms. The first-order valence-corrected chi connectivity index (χ1v) is 10.9. The Hall–Kier alpha value is -2.94. The highest BCUT2D eigenvalue weighted by molar-refractivity contribution is 7.99. The molecule has 0 bridgehead atoms. The predicted molar refractivity (Wildman–Crippen MR) is 121 cm³/mol. The minimum Gasteiger partial charge on any atom is -0.297 e. The summed E-state index contributed by atoms with van der Waals surface area (Å²) in [4.78, 5) is 8.60. The number of hydrogen-bond acceptors (Lipinski definition) is 6. The van der Waals surface area contributed by atoms with Crippen LogP contribution in [0.25, 0.3) is 17.2 Å². The summed E-state index contributed by atoms with van der Waals surface area (Å²) in [5.74, 6) is 1.20. The van der Waals surface area contributed by atoms with Gasteiger partial charge in [0, 0.05) is 16.3 Å². The third-order valence-corrected chi connectivity index (χ3v) is 6.15. The molecule has 3 aromatic heterocycles. The Bertz CT molecular complexity index is 1380. The second-order valence-corrected chi connectivity index (χ2v) is 8.64. The van der Waals surface area contributed by atoms with Crippen molar-refractivity contribution in [3.63, 3.8) is 0 Å². The fourth-order valence-electron chi connectivity index (χ4n) is 3.21. The molecule has 0 saturated heterocycles. The maximum Gasteiger partial charge on any atom is 0.253 e. The summed E-state index contributed by atoms with van der Waals surface area (Å²) in [7, 11) is 0. The van der Waals surface area contributed by atoms with Crippen molar-refractivity contribution >= 4 is 40.7 Å². The summed E-state index contributed by atoms with van der Waals surface area (Å²) >= 11 is 14.0. The smallest absolute Gasteiger partial charge is 0.253 e. The molecule has 5 rings (SSSR count). The van der Waals surface area contributed by atoms with Crippen LogP contribution < -0.4 is 0 Å². The molecular weight excluding hydrogens is 453 g/mol. The van der Waals surface area contributed by atoms with Crippen LogP contribution in [-0.4, -0.2) is 34.3 Å². The summed E-state index contributed by atoms with van der Waals surface area (Å²) in [6.45, 7) is 2.50. The highest BCUT2D eigenvalue weighted by atomic mass is 35.5. The van der Waals surface area contributed by atoms with Crippen molar-refractivity contribution in [1.82, 2.24) is 34.3 Å². The zero-order chi connectivity index (χ0) is 21.4. The minimum atomic E-state index is 0.518. The van der Waals surface area contributed by atoms with Gasteiger partial charge in [-0.3, -0.25) is 4.57 Å². The van der Waals surface area contributed by atoms with Gasteiger partial charge in [-0.25, -0.2) is 4.98 Å². The maximum absolute atomic E-state index is 6.49. The Morgan fingerprint density at radius 1 is 1.00 bits per heavy atom. The van der Waals surface area contributed by atoms with Gasteiger partial charge in [-0.05, 0) is 48.5 Å². The van der Waals surface area contributed by atoms with Crippen LogP contribution in [0.15, 0.2) is 71.1 Å². The second-order valence-electron chi connectivity index (χ2n) is 6.81. The standard InChI is InChI=1S/C21H15Cl2N7S/c1-13-9-18(30-20(26-13)24-12-25-30)31-21-28-27-19(16-8-7-15(22)10-17(16)23)29(21)11-14-5-3-2-4-6-14/h2-10,12H,11H2,1H3. The van der Waals surface area contributed by atoms with E-state index in [2.05, 4.69) is 37.4 Å². The molecule has 0 fully saturated rings. The van der Waals surface area contributed by atoms with Crippen LogP contribution >= 0.6 is 35.0 Å². The number of hydrogen-bond donors (Lipinski definition) is 0. The first-order valence-electron chi connectivity index (χ1n) is 9.36. The number of fused-ring (bicyclic) bond motifs is 1. The summed E-state index contributed by atoms with van der Waals surface area (Å²) < 4.78 is 3.72. The van der Waals surface area contributed by atoms with Gasteiger partial charge in [0.05, 0.1) is 11.6 Å². The lowest BCUT2D eigenvalue weighted by atomic mass is 10.2. The second kappa shape index (κ2) is 8.30. The van der Waals surface area contributed by atoms with Crippen LogP contribution in [0.4, 0.5) is 0 Å². The van der Waals surface area contributed by atoms with E-state index in [1.165, 1.54) is 18.1 Å². The molecule has 0 N–H and O–H groups in total. The molecule has 0 amide bonds.